The van der Waals surface area contributed by atoms with Gasteiger partial charge in [-0.25, -0.2) is 18.9 Å². The van der Waals surface area contributed by atoms with Crippen LogP contribution < -0.4 is 10.6 Å². The summed E-state index contributed by atoms with van der Waals surface area (Å²) in [6, 6.07) is 5.92. The number of alkyl halides is 1. The Balaban J connectivity index is 1.55. The van der Waals surface area contributed by atoms with Crippen LogP contribution in [0, 0.1) is 6.92 Å². The number of likely N-dealkylation sites (tertiary alicyclic amines) is 1. The van der Waals surface area contributed by atoms with E-state index in [4.69, 9.17) is 4.98 Å². The summed E-state index contributed by atoms with van der Waals surface area (Å²) in [5.74, 6) is 2.01. The summed E-state index contributed by atoms with van der Waals surface area (Å²) >= 11 is 0. The highest BCUT2D eigenvalue weighted by Crippen LogP contribution is 2.31. The van der Waals surface area contributed by atoms with Crippen LogP contribution in [-0.2, 0) is 0 Å². The maximum Gasteiger partial charge on any atom is 0.243 e. The first-order chi connectivity index (χ1) is 15.9. The van der Waals surface area contributed by atoms with Gasteiger partial charge in [0.2, 0.25) is 5.95 Å². The van der Waals surface area contributed by atoms with Crippen molar-refractivity contribution in [3.63, 3.8) is 0 Å². The second-order valence-electron chi connectivity index (χ2n) is 9.04. The number of aryl methyl sites for hydroxylation is 1. The molecule has 4 aromatic rings. The third-order valence-electron chi connectivity index (χ3n) is 6.31. The molecule has 1 aliphatic rings. The Labute approximate surface area is 192 Å². The molecule has 10 heteroatoms. The smallest absolute Gasteiger partial charge is 0.243 e. The third-order valence-corrected chi connectivity index (χ3v) is 6.31. The van der Waals surface area contributed by atoms with Gasteiger partial charge in [-0.15, -0.1) is 5.10 Å². The highest BCUT2D eigenvalue weighted by Gasteiger charge is 2.28. The van der Waals surface area contributed by atoms with Crippen LogP contribution in [0.1, 0.15) is 32.1 Å². The largest absolute Gasteiger partial charge is 0.371 e. The Kier molecular flexibility index (Phi) is 5.40. The molecule has 174 valence electrons. The van der Waals surface area contributed by atoms with Crippen LogP contribution in [0.5, 0.6) is 0 Å². The first-order valence-corrected chi connectivity index (χ1v) is 11.4. The fraction of sp³-hybridized carbons (Fsp3) is 0.478. The van der Waals surface area contributed by atoms with Gasteiger partial charge < -0.3 is 20.1 Å². The van der Waals surface area contributed by atoms with Crippen LogP contribution >= 0.6 is 0 Å². The van der Waals surface area contributed by atoms with Gasteiger partial charge in [0.25, 0.3) is 0 Å². The second-order valence-corrected chi connectivity index (χ2v) is 9.04. The van der Waals surface area contributed by atoms with Gasteiger partial charge in [-0.1, -0.05) is 0 Å². The van der Waals surface area contributed by atoms with Gasteiger partial charge in [0.1, 0.15) is 23.0 Å². The molecule has 0 aliphatic carbocycles. The number of pyridine rings is 1. The molecule has 1 aliphatic heterocycles. The van der Waals surface area contributed by atoms with Crippen LogP contribution in [-0.4, -0.2) is 73.4 Å². The fourth-order valence-corrected chi connectivity index (χ4v) is 4.71. The minimum atomic E-state index is -0.966. The molecular weight excluding hydrogens is 421 g/mol. The number of nitrogens with one attached hydrogen (secondary N) is 2. The summed E-state index contributed by atoms with van der Waals surface area (Å²) in [5, 5.41) is 11.0. The van der Waals surface area contributed by atoms with Gasteiger partial charge in [-0.3, -0.25) is 0 Å². The van der Waals surface area contributed by atoms with Crippen LogP contribution in [0.15, 0.2) is 24.4 Å². The van der Waals surface area contributed by atoms with E-state index in [1.807, 2.05) is 50.3 Å². The monoisotopic (exact) mass is 451 g/mol. The van der Waals surface area contributed by atoms with Crippen molar-refractivity contribution in [1.29, 1.82) is 0 Å². The lowest BCUT2D eigenvalue weighted by atomic mass is 10.0. The number of fused-ring (bicyclic) bond motifs is 2. The maximum absolute atomic E-state index is 14.5. The van der Waals surface area contributed by atoms with Crippen molar-refractivity contribution >= 4 is 28.4 Å². The number of aromatic nitrogens is 6. The van der Waals surface area contributed by atoms with Gasteiger partial charge >= 0.3 is 0 Å². The summed E-state index contributed by atoms with van der Waals surface area (Å²) in [6.45, 7) is 7.51. The number of imidazole rings is 1. The standard InChI is InChI=1S/C23H30FN9/c1-13(2)33-14(3)26-19-7-6-17(27-22(19)33)15-8-11-32-20(15)21(25-4)29-23(30-32)28-18-9-10-31(5)12-16(18)24/h6-8,11,13,16,18H,9-10,12H2,1-5H3,(H2,25,28,29,30)/t16-,18+/m0/s1. The van der Waals surface area contributed by atoms with E-state index in [0.717, 1.165) is 40.3 Å². The number of nitrogens with zero attached hydrogens (tertiary/aromatic N) is 7. The van der Waals surface area contributed by atoms with Gasteiger partial charge in [0.05, 0.1) is 11.7 Å². The predicted octanol–water partition coefficient (Wildman–Crippen LogP) is 3.53. The summed E-state index contributed by atoms with van der Waals surface area (Å²) < 4.78 is 18.4. The Morgan fingerprint density at radius 1 is 1.15 bits per heavy atom. The van der Waals surface area contributed by atoms with E-state index < -0.39 is 6.17 Å². The van der Waals surface area contributed by atoms with Crippen LogP contribution in [0.3, 0.4) is 0 Å². The summed E-state index contributed by atoms with van der Waals surface area (Å²) in [4.78, 5) is 16.3. The van der Waals surface area contributed by atoms with E-state index in [1.165, 1.54) is 0 Å². The predicted molar refractivity (Wildman–Crippen MR) is 129 cm³/mol. The van der Waals surface area contributed by atoms with Crippen LogP contribution in [0.25, 0.3) is 27.9 Å². The minimum Gasteiger partial charge on any atom is -0.371 e. The van der Waals surface area contributed by atoms with Crippen molar-refractivity contribution in [2.75, 3.05) is 37.8 Å². The number of rotatable bonds is 5. The first-order valence-electron chi connectivity index (χ1n) is 11.4. The highest BCUT2D eigenvalue weighted by molar-refractivity contribution is 5.89. The third kappa shape index (κ3) is 3.78. The van der Waals surface area contributed by atoms with Gasteiger partial charge in [0.15, 0.2) is 11.5 Å². The zero-order valence-electron chi connectivity index (χ0n) is 19.7. The number of hydrogen-bond donors (Lipinski definition) is 2. The van der Waals surface area contributed by atoms with E-state index in [9.17, 15) is 4.39 Å². The number of hydrogen-bond acceptors (Lipinski definition) is 7. The maximum atomic E-state index is 14.5. The molecule has 9 nitrogen and oxygen atoms in total. The molecule has 0 spiro atoms. The number of piperidine rings is 1. The SMILES string of the molecule is CNc1nc(N[C@@H]2CCN(C)C[C@@H]2F)nn2ccc(-c3ccc4nc(C)n(C(C)C)c4n3)c12. The lowest BCUT2D eigenvalue weighted by Crippen LogP contribution is -2.46. The van der Waals surface area contributed by atoms with Crippen molar-refractivity contribution in [3.8, 4) is 11.3 Å². The molecule has 1 fully saturated rings. The quantitative estimate of drug-likeness (QED) is 0.480. The molecule has 0 amide bonds. The lowest BCUT2D eigenvalue weighted by Gasteiger charge is -2.32. The zero-order chi connectivity index (χ0) is 23.3. The van der Waals surface area contributed by atoms with Crippen LogP contribution in [0.2, 0.25) is 0 Å². The minimum absolute atomic E-state index is 0.257. The van der Waals surface area contributed by atoms with E-state index >= 15 is 0 Å². The van der Waals surface area contributed by atoms with Crippen molar-refractivity contribution < 1.29 is 4.39 Å². The Bertz CT molecular complexity index is 1310. The van der Waals surface area contributed by atoms with Crippen molar-refractivity contribution in [2.45, 2.75) is 45.4 Å². The molecule has 0 aromatic carbocycles. The van der Waals surface area contributed by atoms with Crippen molar-refractivity contribution in [2.24, 2.45) is 0 Å². The second kappa shape index (κ2) is 8.26. The van der Waals surface area contributed by atoms with Gasteiger partial charge in [-0.2, -0.15) is 4.98 Å². The molecule has 0 unspecified atom stereocenters. The highest BCUT2D eigenvalue weighted by atomic mass is 19.1. The van der Waals surface area contributed by atoms with Gasteiger partial charge in [0, 0.05) is 37.9 Å². The normalized spacial score (nSPS) is 19.6. The zero-order valence-corrected chi connectivity index (χ0v) is 19.7. The molecule has 4 aromatic heterocycles. The number of halogens is 1. The van der Waals surface area contributed by atoms with Crippen LogP contribution in [0.4, 0.5) is 16.2 Å². The van der Waals surface area contributed by atoms with Crippen molar-refractivity contribution in [1.82, 2.24) is 34.0 Å². The lowest BCUT2D eigenvalue weighted by molar-refractivity contribution is 0.149. The molecule has 2 atom stereocenters. The van der Waals surface area contributed by atoms with Crippen molar-refractivity contribution in [3.05, 3.63) is 30.2 Å². The molecule has 1 saturated heterocycles. The Morgan fingerprint density at radius 2 is 1.97 bits per heavy atom. The molecule has 0 radical (unpaired) electrons. The average molecular weight is 452 g/mol. The number of anilines is 2. The fourth-order valence-electron chi connectivity index (χ4n) is 4.71. The summed E-state index contributed by atoms with van der Waals surface area (Å²) in [5.41, 5.74) is 4.31. The average Bonchev–Trinajstić information content (AvgIpc) is 3.34. The molecular formula is C23H30FN9. The summed E-state index contributed by atoms with van der Waals surface area (Å²) in [7, 11) is 3.76. The van der Waals surface area contributed by atoms with E-state index in [-0.39, 0.29) is 12.1 Å². The molecule has 2 N–H and O–H groups in total. The molecule has 33 heavy (non-hydrogen) atoms. The Morgan fingerprint density at radius 3 is 2.70 bits per heavy atom. The molecule has 5 rings (SSSR count). The topological polar surface area (TPSA) is 88.2 Å². The van der Waals surface area contributed by atoms with E-state index in [2.05, 4.69) is 44.1 Å². The van der Waals surface area contributed by atoms with E-state index in [1.54, 1.807) is 4.52 Å². The van der Waals surface area contributed by atoms with Gasteiger partial charge in [-0.05, 0) is 52.4 Å². The first kappa shape index (κ1) is 21.6. The molecule has 0 saturated carbocycles. The summed E-state index contributed by atoms with van der Waals surface area (Å²) in [6.07, 6.45) is 1.63. The molecule has 0 bridgehead atoms. The molecule has 5 heterocycles. The Hall–Kier alpha value is -3.27. The van der Waals surface area contributed by atoms with E-state index in [0.29, 0.717) is 24.7 Å².